The normalized spacial score (nSPS) is 27.7. The van der Waals surface area contributed by atoms with Crippen molar-refractivity contribution in [3.63, 3.8) is 0 Å². The number of hydrogen-bond donors (Lipinski definition) is 1. The Balaban J connectivity index is 1.71. The van der Waals surface area contributed by atoms with Gasteiger partial charge in [0, 0.05) is 45.0 Å². The third-order valence-electron chi connectivity index (χ3n) is 6.08. The third kappa shape index (κ3) is 3.18. The monoisotopic (exact) mass is 404 g/mol. The number of hydrogen-bond acceptors (Lipinski definition) is 6. The van der Waals surface area contributed by atoms with Crippen molar-refractivity contribution in [2.24, 2.45) is 0 Å². The number of nitrogens with zero attached hydrogens (tertiary/aromatic N) is 4. The molecule has 0 bridgehead atoms. The molecule has 1 unspecified atom stereocenters. The molecular weight excluding hydrogens is 379 g/mol. The number of aliphatic carboxylic acids is 1. The Bertz CT molecular complexity index is 876. The maximum Gasteiger partial charge on any atom is 0.341 e. The number of carboxylic acid groups (broad SMARTS) is 1. The molecule has 4 rings (SSSR count). The fourth-order valence-electron chi connectivity index (χ4n) is 4.30. The van der Waals surface area contributed by atoms with Crippen molar-refractivity contribution < 1.29 is 23.9 Å². The molecule has 8 nitrogen and oxygen atoms in total. The van der Waals surface area contributed by atoms with Crippen LogP contribution in [-0.4, -0.2) is 80.3 Å². The Morgan fingerprint density at radius 1 is 1.17 bits per heavy atom. The summed E-state index contributed by atoms with van der Waals surface area (Å²) in [5.41, 5.74) is 0.275. The maximum absolute atomic E-state index is 15.4. The molecule has 156 valence electrons. The minimum absolute atomic E-state index is 0.00532. The lowest BCUT2D eigenvalue weighted by Crippen LogP contribution is -2.57. The Morgan fingerprint density at radius 2 is 1.86 bits per heavy atom. The van der Waals surface area contributed by atoms with Gasteiger partial charge in [0.15, 0.2) is 5.78 Å². The van der Waals surface area contributed by atoms with Gasteiger partial charge in [0.05, 0.1) is 11.7 Å². The van der Waals surface area contributed by atoms with Crippen LogP contribution in [0.5, 0.6) is 0 Å². The molecule has 1 N–H and O–H groups in total. The molecule has 1 saturated heterocycles. The van der Waals surface area contributed by atoms with Crippen LogP contribution in [0.2, 0.25) is 0 Å². The van der Waals surface area contributed by atoms with Gasteiger partial charge in [-0.1, -0.05) is 0 Å². The highest BCUT2D eigenvalue weighted by molar-refractivity contribution is 6.20. The summed E-state index contributed by atoms with van der Waals surface area (Å²) in [6.45, 7) is 6.49. The first-order chi connectivity index (χ1) is 13.7. The second-order valence-electron chi connectivity index (χ2n) is 8.12. The van der Waals surface area contributed by atoms with Gasteiger partial charge in [-0.25, -0.2) is 9.18 Å². The number of fused-ring (bicyclic) bond motifs is 1. The zero-order valence-electron chi connectivity index (χ0n) is 16.8. The average Bonchev–Trinajstić information content (AvgIpc) is 3.49. The lowest BCUT2D eigenvalue weighted by atomic mass is 9.92. The molecule has 0 aromatic heterocycles. The number of ketones is 1. The number of hydrazine groups is 1. The molecule has 0 aromatic carbocycles. The van der Waals surface area contributed by atoms with Crippen LogP contribution in [0.1, 0.15) is 33.6 Å². The van der Waals surface area contributed by atoms with Crippen molar-refractivity contribution in [2.75, 3.05) is 19.6 Å². The quantitative estimate of drug-likeness (QED) is 0.709. The highest BCUT2D eigenvalue weighted by Crippen LogP contribution is 2.40. The number of amides is 1. The fourth-order valence-corrected chi connectivity index (χ4v) is 4.30. The zero-order chi connectivity index (χ0) is 21.0. The van der Waals surface area contributed by atoms with Gasteiger partial charge in [-0.3, -0.25) is 19.6 Å². The summed E-state index contributed by atoms with van der Waals surface area (Å²) in [5, 5.41) is 12.9. The zero-order valence-corrected chi connectivity index (χ0v) is 16.8. The minimum atomic E-state index is -1.29. The average molecular weight is 404 g/mol. The van der Waals surface area contributed by atoms with E-state index in [1.807, 2.05) is 11.8 Å². The second-order valence-corrected chi connectivity index (χ2v) is 8.12. The summed E-state index contributed by atoms with van der Waals surface area (Å²) in [6.07, 6.45) is 4.78. The molecule has 0 radical (unpaired) electrons. The van der Waals surface area contributed by atoms with Gasteiger partial charge in [-0.15, -0.1) is 0 Å². The van der Waals surface area contributed by atoms with E-state index in [1.165, 1.54) is 13.1 Å². The first kappa shape index (κ1) is 19.5. The first-order valence-corrected chi connectivity index (χ1v) is 9.87. The molecule has 1 aliphatic carbocycles. The predicted molar refractivity (Wildman–Crippen MR) is 102 cm³/mol. The van der Waals surface area contributed by atoms with Crippen molar-refractivity contribution >= 4 is 17.7 Å². The molecule has 3 heterocycles. The van der Waals surface area contributed by atoms with Gasteiger partial charge < -0.3 is 14.9 Å². The molecule has 9 heteroatoms. The molecular formula is C20H25FN4O4. The standard InChI is InChI=1S/C20H25FN4O4/c1-11-8-22(13(3)26)6-7-23(11)16-10-25-18(12(2)17(16)21)19(27)15(20(28)29)9-24(25)14-4-5-14/h9-11,14,18H,4-8H2,1-3H3,(H,28,29)/t11-,18?/m0/s1. The third-order valence-corrected chi connectivity index (χ3v) is 6.08. The maximum atomic E-state index is 15.4. The molecule has 29 heavy (non-hydrogen) atoms. The van der Waals surface area contributed by atoms with Gasteiger partial charge >= 0.3 is 5.97 Å². The number of Topliss-reactive ketones (excluding diaryl/α,β-unsaturated/α-hetero) is 1. The van der Waals surface area contributed by atoms with E-state index in [4.69, 9.17) is 0 Å². The number of piperazine rings is 1. The summed E-state index contributed by atoms with van der Waals surface area (Å²) in [4.78, 5) is 39.7. The SMILES string of the molecule is CC(=O)N1CCN(C2=CN3C(C(=O)C(C(=O)O)=CN3C3CC3)C(C)=C2F)[C@@H](C)C1. The molecule has 3 aliphatic heterocycles. The van der Waals surface area contributed by atoms with Crippen LogP contribution in [0.4, 0.5) is 4.39 Å². The highest BCUT2D eigenvalue weighted by atomic mass is 19.1. The van der Waals surface area contributed by atoms with Gasteiger partial charge in [0.2, 0.25) is 5.91 Å². The van der Waals surface area contributed by atoms with E-state index in [-0.39, 0.29) is 29.1 Å². The topological polar surface area (TPSA) is 84.4 Å². The van der Waals surface area contributed by atoms with E-state index in [9.17, 15) is 19.5 Å². The number of carbonyl (C=O) groups is 3. The molecule has 2 atom stereocenters. The highest BCUT2D eigenvalue weighted by Gasteiger charge is 2.47. The summed E-state index contributed by atoms with van der Waals surface area (Å²) in [7, 11) is 0. The Hall–Kier alpha value is -2.84. The lowest BCUT2D eigenvalue weighted by molar-refractivity contribution is -0.138. The lowest BCUT2D eigenvalue weighted by Gasteiger charge is -2.48. The number of carboxylic acids is 1. The van der Waals surface area contributed by atoms with Crippen LogP contribution in [0, 0.1) is 0 Å². The van der Waals surface area contributed by atoms with E-state index < -0.39 is 23.6 Å². The summed E-state index contributed by atoms with van der Waals surface area (Å²) >= 11 is 0. The molecule has 2 fully saturated rings. The van der Waals surface area contributed by atoms with E-state index in [0.29, 0.717) is 25.3 Å². The summed E-state index contributed by atoms with van der Waals surface area (Å²) in [5.74, 6) is -2.40. The van der Waals surface area contributed by atoms with Crippen molar-refractivity contribution in [3.05, 3.63) is 35.1 Å². The molecule has 1 amide bonds. The van der Waals surface area contributed by atoms with Crippen LogP contribution in [0.3, 0.4) is 0 Å². The Kier molecular flexibility index (Phi) is 4.63. The fraction of sp³-hybridized carbons (Fsp3) is 0.550. The van der Waals surface area contributed by atoms with Crippen LogP contribution in [-0.2, 0) is 14.4 Å². The van der Waals surface area contributed by atoms with E-state index >= 15 is 4.39 Å². The van der Waals surface area contributed by atoms with Gasteiger partial charge in [0.25, 0.3) is 0 Å². The molecule has 1 saturated carbocycles. The Morgan fingerprint density at radius 3 is 2.41 bits per heavy atom. The summed E-state index contributed by atoms with van der Waals surface area (Å²) < 4.78 is 15.4. The van der Waals surface area contributed by atoms with Crippen LogP contribution in [0.15, 0.2) is 35.1 Å². The van der Waals surface area contributed by atoms with E-state index in [1.54, 1.807) is 28.0 Å². The van der Waals surface area contributed by atoms with Crippen LogP contribution in [0.25, 0.3) is 0 Å². The largest absolute Gasteiger partial charge is 0.478 e. The first-order valence-electron chi connectivity index (χ1n) is 9.87. The number of rotatable bonds is 3. The van der Waals surface area contributed by atoms with Crippen LogP contribution < -0.4 is 0 Å². The second kappa shape index (κ2) is 6.89. The number of allylic oxidation sites excluding steroid dienone is 1. The van der Waals surface area contributed by atoms with E-state index in [0.717, 1.165) is 12.8 Å². The van der Waals surface area contributed by atoms with Crippen molar-refractivity contribution in [2.45, 2.75) is 51.7 Å². The van der Waals surface area contributed by atoms with Gasteiger partial charge in [-0.05, 0) is 32.3 Å². The minimum Gasteiger partial charge on any atom is -0.478 e. The number of carbonyl (C=O) groups excluding carboxylic acids is 2. The number of halogens is 1. The summed E-state index contributed by atoms with van der Waals surface area (Å²) in [6, 6.07) is -0.961. The Labute approximate surface area is 168 Å². The van der Waals surface area contributed by atoms with E-state index in [2.05, 4.69) is 0 Å². The van der Waals surface area contributed by atoms with Gasteiger partial charge in [0.1, 0.15) is 17.4 Å². The van der Waals surface area contributed by atoms with Crippen molar-refractivity contribution in [3.8, 4) is 0 Å². The van der Waals surface area contributed by atoms with Crippen molar-refractivity contribution in [1.82, 2.24) is 19.8 Å². The molecule has 0 aromatic rings. The molecule has 0 spiro atoms. The van der Waals surface area contributed by atoms with Crippen LogP contribution >= 0.6 is 0 Å². The molecule has 4 aliphatic rings. The van der Waals surface area contributed by atoms with Gasteiger partial charge in [-0.2, -0.15) is 0 Å². The smallest absolute Gasteiger partial charge is 0.341 e. The van der Waals surface area contributed by atoms with Crippen molar-refractivity contribution in [1.29, 1.82) is 0 Å². The predicted octanol–water partition coefficient (Wildman–Crippen LogP) is 1.24.